The lowest BCUT2D eigenvalue weighted by Crippen LogP contribution is -2.25. The first-order chi connectivity index (χ1) is 7.97. The number of unbranched alkanes of at least 4 members (excludes halogenated alkanes) is 1. The van der Waals surface area contributed by atoms with Crippen LogP contribution < -0.4 is 10.5 Å². The van der Waals surface area contributed by atoms with E-state index in [4.69, 9.17) is 5.73 Å². The van der Waals surface area contributed by atoms with Gasteiger partial charge in [0.1, 0.15) is 5.82 Å². The van der Waals surface area contributed by atoms with Crippen LogP contribution in [-0.2, 0) is 10.0 Å². The third kappa shape index (κ3) is 5.19. The summed E-state index contributed by atoms with van der Waals surface area (Å²) in [6, 6.07) is 3.69. The van der Waals surface area contributed by atoms with Gasteiger partial charge in [-0.25, -0.2) is 17.5 Å². The highest BCUT2D eigenvalue weighted by Crippen LogP contribution is 2.19. The van der Waals surface area contributed by atoms with Crippen molar-refractivity contribution in [2.24, 2.45) is 5.73 Å². The molecule has 0 aliphatic carbocycles. The van der Waals surface area contributed by atoms with Crippen molar-refractivity contribution in [3.63, 3.8) is 0 Å². The van der Waals surface area contributed by atoms with E-state index in [-0.39, 0.29) is 21.8 Å². The van der Waals surface area contributed by atoms with Gasteiger partial charge in [-0.3, -0.25) is 0 Å². The minimum Gasteiger partial charge on any atom is -0.330 e. The Hall–Kier alpha value is -0.210. The Morgan fingerprint density at radius 1 is 1.33 bits per heavy atom. The zero-order valence-electron chi connectivity index (χ0n) is 9.53. The van der Waals surface area contributed by atoms with Gasteiger partial charge in [0.05, 0.1) is 9.37 Å². The molecule has 1 rings (SSSR count). The second-order valence-corrected chi connectivity index (χ2v) is 6.09. The van der Waals surface area contributed by atoms with Gasteiger partial charge in [0.15, 0.2) is 0 Å². The van der Waals surface area contributed by atoms with Crippen molar-refractivity contribution >= 4 is 38.4 Å². The van der Waals surface area contributed by atoms with E-state index in [0.717, 1.165) is 12.5 Å². The fourth-order valence-electron chi connectivity index (χ4n) is 1.20. The monoisotopic (exact) mass is 360 g/mol. The molecular formula is C10H15BrClFN2O2S. The fourth-order valence-corrected chi connectivity index (χ4v) is 2.54. The second-order valence-electron chi connectivity index (χ2n) is 3.47. The third-order valence-electron chi connectivity index (χ3n) is 2.12. The SMILES string of the molecule is Cl.NCCCCNS(=O)(=O)c1ccc(Br)c(F)c1. The van der Waals surface area contributed by atoms with Crippen LogP contribution in [0.25, 0.3) is 0 Å². The number of nitrogens with one attached hydrogen (secondary N) is 1. The molecule has 0 saturated heterocycles. The quantitative estimate of drug-likeness (QED) is 0.762. The fraction of sp³-hybridized carbons (Fsp3) is 0.400. The molecule has 8 heteroatoms. The normalized spacial score (nSPS) is 11.1. The number of rotatable bonds is 6. The lowest BCUT2D eigenvalue weighted by atomic mass is 10.3. The van der Waals surface area contributed by atoms with Crippen LogP contribution in [-0.4, -0.2) is 21.5 Å². The molecule has 0 aromatic heterocycles. The maximum atomic E-state index is 13.2. The maximum Gasteiger partial charge on any atom is 0.240 e. The van der Waals surface area contributed by atoms with Crippen LogP contribution in [0.2, 0.25) is 0 Å². The molecular weight excluding hydrogens is 347 g/mol. The average Bonchev–Trinajstić information content (AvgIpc) is 2.28. The Kier molecular flexibility index (Phi) is 7.97. The van der Waals surface area contributed by atoms with Crippen LogP contribution in [0.4, 0.5) is 4.39 Å². The van der Waals surface area contributed by atoms with E-state index in [2.05, 4.69) is 20.7 Å². The molecule has 104 valence electrons. The summed E-state index contributed by atoms with van der Waals surface area (Å²) in [5.74, 6) is -0.602. The van der Waals surface area contributed by atoms with Gasteiger partial charge in [-0.05, 0) is 53.5 Å². The number of sulfonamides is 1. The van der Waals surface area contributed by atoms with Gasteiger partial charge in [-0.15, -0.1) is 12.4 Å². The van der Waals surface area contributed by atoms with E-state index >= 15 is 0 Å². The molecule has 0 aliphatic heterocycles. The van der Waals surface area contributed by atoms with Crippen molar-refractivity contribution in [2.75, 3.05) is 13.1 Å². The Labute approximate surface area is 121 Å². The summed E-state index contributed by atoms with van der Waals surface area (Å²) in [5.41, 5.74) is 5.29. The van der Waals surface area contributed by atoms with Gasteiger partial charge in [-0.2, -0.15) is 0 Å². The van der Waals surface area contributed by atoms with Crippen LogP contribution in [0, 0.1) is 5.82 Å². The van der Waals surface area contributed by atoms with Crippen LogP contribution in [0.3, 0.4) is 0 Å². The minimum absolute atomic E-state index is 0. The van der Waals surface area contributed by atoms with Gasteiger partial charge in [-0.1, -0.05) is 0 Å². The van der Waals surface area contributed by atoms with E-state index < -0.39 is 15.8 Å². The first-order valence-corrected chi connectivity index (χ1v) is 7.40. The number of hydrogen-bond donors (Lipinski definition) is 2. The molecule has 18 heavy (non-hydrogen) atoms. The number of benzene rings is 1. The van der Waals surface area contributed by atoms with E-state index in [1.165, 1.54) is 12.1 Å². The van der Waals surface area contributed by atoms with Gasteiger partial charge in [0.2, 0.25) is 10.0 Å². The van der Waals surface area contributed by atoms with Crippen LogP contribution in [0.1, 0.15) is 12.8 Å². The Balaban J connectivity index is 0.00000289. The lowest BCUT2D eigenvalue weighted by Gasteiger charge is -2.06. The second kappa shape index (κ2) is 8.06. The van der Waals surface area contributed by atoms with Crippen molar-refractivity contribution in [2.45, 2.75) is 17.7 Å². The standard InChI is InChI=1S/C10H14BrFN2O2S.ClH/c11-9-4-3-8(7-10(9)12)17(15,16)14-6-2-1-5-13;/h3-4,7,14H,1-2,5-6,13H2;1H. The molecule has 0 bridgehead atoms. The molecule has 0 saturated carbocycles. The molecule has 1 aromatic rings. The Bertz CT molecular complexity index is 485. The molecule has 4 nitrogen and oxygen atoms in total. The van der Waals surface area contributed by atoms with Crippen molar-refractivity contribution in [1.82, 2.24) is 4.72 Å². The summed E-state index contributed by atoms with van der Waals surface area (Å²) in [6.45, 7) is 0.825. The number of halogens is 3. The first-order valence-electron chi connectivity index (χ1n) is 5.12. The predicted octanol–water partition coefficient (Wildman–Crippen LogP) is 2.03. The molecule has 1 aromatic carbocycles. The molecule has 0 atom stereocenters. The Morgan fingerprint density at radius 2 is 2.00 bits per heavy atom. The molecule has 3 N–H and O–H groups in total. The zero-order chi connectivity index (χ0) is 12.9. The predicted molar refractivity (Wildman–Crippen MR) is 74.8 cm³/mol. The molecule has 0 amide bonds. The van der Waals surface area contributed by atoms with Gasteiger partial charge in [0, 0.05) is 6.54 Å². The van der Waals surface area contributed by atoms with Crippen LogP contribution >= 0.6 is 28.3 Å². The molecule has 0 heterocycles. The maximum absolute atomic E-state index is 13.2. The number of nitrogens with two attached hydrogens (primary N) is 1. The highest BCUT2D eigenvalue weighted by atomic mass is 79.9. The van der Waals surface area contributed by atoms with Gasteiger partial charge < -0.3 is 5.73 Å². The lowest BCUT2D eigenvalue weighted by molar-refractivity contribution is 0.573. The van der Waals surface area contributed by atoms with E-state index in [1.807, 2.05) is 0 Å². The summed E-state index contributed by atoms with van der Waals surface area (Å²) in [7, 11) is -3.63. The Morgan fingerprint density at radius 3 is 2.56 bits per heavy atom. The summed E-state index contributed by atoms with van der Waals surface area (Å²) in [6.07, 6.45) is 1.41. The van der Waals surface area contributed by atoms with Crippen molar-refractivity contribution < 1.29 is 12.8 Å². The minimum atomic E-state index is -3.63. The van der Waals surface area contributed by atoms with E-state index in [1.54, 1.807) is 0 Å². The summed E-state index contributed by atoms with van der Waals surface area (Å²) < 4.78 is 39.3. The van der Waals surface area contributed by atoms with Crippen LogP contribution in [0.15, 0.2) is 27.6 Å². The molecule has 0 aliphatic rings. The molecule has 0 unspecified atom stereocenters. The largest absolute Gasteiger partial charge is 0.330 e. The van der Waals surface area contributed by atoms with Gasteiger partial charge >= 0.3 is 0 Å². The zero-order valence-corrected chi connectivity index (χ0v) is 12.7. The molecule has 0 fully saturated rings. The van der Waals surface area contributed by atoms with Crippen molar-refractivity contribution in [1.29, 1.82) is 0 Å². The summed E-state index contributed by atoms with van der Waals surface area (Å²) in [4.78, 5) is -0.0778. The van der Waals surface area contributed by atoms with Gasteiger partial charge in [0.25, 0.3) is 0 Å². The molecule has 0 radical (unpaired) electrons. The first kappa shape index (κ1) is 17.8. The van der Waals surface area contributed by atoms with Crippen molar-refractivity contribution in [3.8, 4) is 0 Å². The topological polar surface area (TPSA) is 72.2 Å². The third-order valence-corrected chi connectivity index (χ3v) is 4.23. The smallest absolute Gasteiger partial charge is 0.240 e. The van der Waals surface area contributed by atoms with Crippen molar-refractivity contribution in [3.05, 3.63) is 28.5 Å². The number of hydrogen-bond acceptors (Lipinski definition) is 3. The van der Waals surface area contributed by atoms with E-state index in [9.17, 15) is 12.8 Å². The molecule has 0 spiro atoms. The highest BCUT2D eigenvalue weighted by molar-refractivity contribution is 9.10. The highest BCUT2D eigenvalue weighted by Gasteiger charge is 2.14. The summed E-state index contributed by atoms with van der Waals surface area (Å²) >= 11 is 2.97. The van der Waals surface area contributed by atoms with Crippen LogP contribution in [0.5, 0.6) is 0 Å². The average molecular weight is 362 g/mol. The summed E-state index contributed by atoms with van der Waals surface area (Å²) in [5, 5.41) is 0. The van der Waals surface area contributed by atoms with E-state index in [0.29, 0.717) is 19.5 Å².